The highest BCUT2D eigenvalue weighted by atomic mass is 16.5. The molecule has 15 heavy (non-hydrogen) atoms. The quantitative estimate of drug-likeness (QED) is 0.601. The van der Waals surface area contributed by atoms with Crippen molar-refractivity contribution in [2.24, 2.45) is 0 Å². The van der Waals surface area contributed by atoms with E-state index in [0.717, 1.165) is 6.42 Å². The smallest absolute Gasteiger partial charge is 0.260 e. The number of imidazole rings is 1. The van der Waals surface area contributed by atoms with Crippen LogP contribution in [0, 0.1) is 0 Å². The van der Waals surface area contributed by atoms with Gasteiger partial charge in [0.05, 0.1) is 12.8 Å². The first-order valence-electron chi connectivity index (χ1n) is 4.64. The Kier molecular flexibility index (Phi) is 2.53. The fourth-order valence-electron chi connectivity index (χ4n) is 1.26. The van der Waals surface area contributed by atoms with Crippen LogP contribution in [0.4, 0.5) is 5.82 Å². The third-order valence-electron chi connectivity index (χ3n) is 1.92. The Balaban J connectivity index is 2.31. The van der Waals surface area contributed by atoms with E-state index in [9.17, 15) is 0 Å². The summed E-state index contributed by atoms with van der Waals surface area (Å²) >= 11 is 0. The minimum absolute atomic E-state index is 0.411. The predicted octanol–water partition coefficient (Wildman–Crippen LogP) is 1.27. The fraction of sp³-hybridized carbons (Fsp3) is 0.200. The molecule has 0 atom stereocenters. The maximum atomic E-state index is 5.63. The lowest BCUT2D eigenvalue weighted by molar-refractivity contribution is 0.315. The normalized spacial score (nSPS) is 10.4. The summed E-state index contributed by atoms with van der Waals surface area (Å²) in [5, 5.41) is 0. The van der Waals surface area contributed by atoms with Crippen LogP contribution in [-0.2, 0) is 0 Å². The maximum Gasteiger partial charge on any atom is 0.260 e. The van der Waals surface area contributed by atoms with Gasteiger partial charge in [-0.25, -0.2) is 4.98 Å². The molecule has 5 nitrogen and oxygen atoms in total. The lowest BCUT2D eigenvalue weighted by Crippen LogP contribution is -2.03. The fourth-order valence-corrected chi connectivity index (χ4v) is 1.26. The van der Waals surface area contributed by atoms with Gasteiger partial charge in [-0.3, -0.25) is 4.40 Å². The molecule has 0 saturated carbocycles. The summed E-state index contributed by atoms with van der Waals surface area (Å²) in [7, 11) is 0. The van der Waals surface area contributed by atoms with E-state index in [-0.39, 0.29) is 0 Å². The molecular formula is C10H12N4O. The average Bonchev–Trinajstić information content (AvgIpc) is 2.65. The lowest BCUT2D eigenvalue weighted by Gasteiger charge is -2.05. The molecule has 2 heterocycles. The van der Waals surface area contributed by atoms with Crippen LogP contribution >= 0.6 is 0 Å². The van der Waals surface area contributed by atoms with E-state index >= 15 is 0 Å². The summed E-state index contributed by atoms with van der Waals surface area (Å²) in [6, 6.07) is 0. The van der Waals surface area contributed by atoms with Gasteiger partial charge < -0.3 is 10.5 Å². The van der Waals surface area contributed by atoms with Gasteiger partial charge in [0.25, 0.3) is 5.88 Å². The largest absolute Gasteiger partial charge is 0.475 e. The number of nitrogen functional groups attached to an aromatic ring is 1. The molecule has 2 N–H and O–H groups in total. The summed E-state index contributed by atoms with van der Waals surface area (Å²) in [6.07, 6.45) is 7.73. The molecule has 0 aromatic carbocycles. The second-order valence-electron chi connectivity index (χ2n) is 3.05. The van der Waals surface area contributed by atoms with Crippen LogP contribution in [0.2, 0.25) is 0 Å². The van der Waals surface area contributed by atoms with Crippen molar-refractivity contribution in [3.63, 3.8) is 0 Å². The van der Waals surface area contributed by atoms with Crippen molar-refractivity contribution < 1.29 is 4.74 Å². The van der Waals surface area contributed by atoms with Gasteiger partial charge in [-0.15, -0.1) is 6.58 Å². The molecular weight excluding hydrogens is 192 g/mol. The number of nitrogens with two attached hydrogens (primary N) is 1. The number of aromatic nitrogens is 3. The van der Waals surface area contributed by atoms with Gasteiger partial charge in [0.1, 0.15) is 5.82 Å². The van der Waals surface area contributed by atoms with E-state index in [0.29, 0.717) is 24.0 Å². The zero-order valence-electron chi connectivity index (χ0n) is 8.26. The highest BCUT2D eigenvalue weighted by molar-refractivity contribution is 5.52. The molecule has 0 radical (unpaired) electrons. The molecule has 0 aliphatic carbocycles. The lowest BCUT2D eigenvalue weighted by atomic mass is 10.4. The molecule has 2 rings (SSSR count). The second-order valence-corrected chi connectivity index (χ2v) is 3.05. The summed E-state index contributed by atoms with van der Waals surface area (Å²) < 4.78 is 7.24. The molecule has 0 amide bonds. The summed E-state index contributed by atoms with van der Waals surface area (Å²) in [5.74, 6) is 0.871. The van der Waals surface area contributed by atoms with Gasteiger partial charge >= 0.3 is 0 Å². The number of nitrogens with zero attached hydrogens (tertiary/aromatic N) is 3. The van der Waals surface area contributed by atoms with Gasteiger partial charge in [-0.05, 0) is 6.42 Å². The van der Waals surface area contributed by atoms with Crippen LogP contribution in [-0.4, -0.2) is 21.0 Å². The molecule has 78 valence electrons. The number of ether oxygens (including phenoxy) is 1. The zero-order valence-corrected chi connectivity index (χ0v) is 8.26. The average molecular weight is 204 g/mol. The first-order valence-corrected chi connectivity index (χ1v) is 4.64. The van der Waals surface area contributed by atoms with Crippen LogP contribution in [0.25, 0.3) is 5.65 Å². The Morgan fingerprint density at radius 2 is 2.47 bits per heavy atom. The van der Waals surface area contributed by atoms with Crippen molar-refractivity contribution in [3.05, 3.63) is 31.2 Å². The molecule has 0 aliphatic rings. The molecule has 2 aromatic rings. The number of rotatable bonds is 4. The Morgan fingerprint density at radius 3 is 3.27 bits per heavy atom. The number of hydrogen-bond acceptors (Lipinski definition) is 4. The zero-order chi connectivity index (χ0) is 10.7. The third kappa shape index (κ3) is 1.90. The Labute approximate surface area is 87.2 Å². The van der Waals surface area contributed by atoms with E-state index in [1.54, 1.807) is 29.1 Å². The maximum absolute atomic E-state index is 5.63. The number of anilines is 1. The topological polar surface area (TPSA) is 65.4 Å². The van der Waals surface area contributed by atoms with E-state index in [1.807, 2.05) is 0 Å². The summed E-state index contributed by atoms with van der Waals surface area (Å²) in [6.45, 7) is 4.15. The van der Waals surface area contributed by atoms with Crippen LogP contribution in [0.1, 0.15) is 6.42 Å². The first-order chi connectivity index (χ1) is 7.31. The molecule has 0 bridgehead atoms. The summed E-state index contributed by atoms with van der Waals surface area (Å²) in [5.41, 5.74) is 6.30. The van der Waals surface area contributed by atoms with Gasteiger partial charge in [0, 0.05) is 12.4 Å². The van der Waals surface area contributed by atoms with Gasteiger partial charge in [-0.1, -0.05) is 6.08 Å². The Morgan fingerprint density at radius 1 is 1.60 bits per heavy atom. The number of hydrogen-bond donors (Lipinski definition) is 1. The van der Waals surface area contributed by atoms with Crippen molar-refractivity contribution >= 4 is 11.5 Å². The Hall–Kier alpha value is -2.04. The minimum Gasteiger partial charge on any atom is -0.475 e. The molecule has 0 saturated heterocycles. The molecule has 0 unspecified atom stereocenters. The van der Waals surface area contributed by atoms with Crippen molar-refractivity contribution in [1.29, 1.82) is 0 Å². The predicted molar refractivity (Wildman–Crippen MR) is 57.7 cm³/mol. The highest BCUT2D eigenvalue weighted by Gasteiger charge is 2.06. The standard InChI is InChI=1S/C10H12N4O/c1-2-3-6-15-10-9-12-4-5-14(9)7-8(11)13-10/h2,4-5,7H,1,3,6,11H2. The Bertz CT molecular complexity index is 477. The van der Waals surface area contributed by atoms with Crippen LogP contribution in [0.15, 0.2) is 31.2 Å². The monoisotopic (exact) mass is 204 g/mol. The SMILES string of the molecule is C=CCCOc1nc(N)cn2ccnc12. The van der Waals surface area contributed by atoms with Gasteiger partial charge in [0.2, 0.25) is 5.65 Å². The molecule has 0 aliphatic heterocycles. The first kappa shape index (κ1) is 9.51. The second kappa shape index (κ2) is 4.00. The van der Waals surface area contributed by atoms with E-state index in [2.05, 4.69) is 16.5 Å². The van der Waals surface area contributed by atoms with E-state index in [1.165, 1.54) is 0 Å². The highest BCUT2D eigenvalue weighted by Crippen LogP contribution is 2.16. The molecule has 0 spiro atoms. The molecule has 2 aromatic heterocycles. The third-order valence-corrected chi connectivity index (χ3v) is 1.92. The number of fused-ring (bicyclic) bond motifs is 1. The summed E-state index contributed by atoms with van der Waals surface area (Å²) in [4.78, 5) is 8.22. The van der Waals surface area contributed by atoms with E-state index < -0.39 is 0 Å². The van der Waals surface area contributed by atoms with Crippen LogP contribution in [0.5, 0.6) is 5.88 Å². The van der Waals surface area contributed by atoms with Crippen molar-refractivity contribution in [1.82, 2.24) is 14.4 Å². The van der Waals surface area contributed by atoms with Crippen LogP contribution < -0.4 is 10.5 Å². The molecule has 0 fully saturated rings. The minimum atomic E-state index is 0.411. The van der Waals surface area contributed by atoms with Crippen molar-refractivity contribution in [2.45, 2.75) is 6.42 Å². The van der Waals surface area contributed by atoms with Gasteiger partial charge in [0.15, 0.2) is 0 Å². The van der Waals surface area contributed by atoms with Crippen molar-refractivity contribution in [3.8, 4) is 5.88 Å². The van der Waals surface area contributed by atoms with E-state index in [4.69, 9.17) is 10.5 Å². The van der Waals surface area contributed by atoms with Crippen LogP contribution in [0.3, 0.4) is 0 Å². The van der Waals surface area contributed by atoms with Crippen molar-refractivity contribution in [2.75, 3.05) is 12.3 Å². The van der Waals surface area contributed by atoms with Gasteiger partial charge in [-0.2, -0.15) is 4.98 Å². The molecule has 5 heteroatoms.